The predicted octanol–water partition coefficient (Wildman–Crippen LogP) is 2.05. The van der Waals surface area contributed by atoms with Crippen molar-refractivity contribution in [3.05, 3.63) is 41.2 Å². The van der Waals surface area contributed by atoms with Crippen LogP contribution >= 0.6 is 11.3 Å². The molecule has 0 unspecified atom stereocenters. The Morgan fingerprint density at radius 1 is 1.00 bits per heavy atom. The van der Waals surface area contributed by atoms with Crippen molar-refractivity contribution in [3.8, 4) is 10.6 Å². The van der Waals surface area contributed by atoms with E-state index in [-0.39, 0.29) is 5.91 Å². The minimum absolute atomic E-state index is 0.0235. The van der Waals surface area contributed by atoms with E-state index < -0.39 is 0 Å². The summed E-state index contributed by atoms with van der Waals surface area (Å²) in [7, 11) is 1.83. The first kappa shape index (κ1) is 20.9. The molecule has 2 aliphatic heterocycles. The fourth-order valence-electron chi connectivity index (χ4n) is 4.17. The maximum absolute atomic E-state index is 13.2. The molecule has 2 fully saturated rings. The largest absolute Gasteiger partial charge is 0.378 e. The summed E-state index contributed by atoms with van der Waals surface area (Å²) < 4.78 is 7.15. The van der Waals surface area contributed by atoms with Gasteiger partial charge in [-0.1, -0.05) is 6.07 Å². The monoisotopic (exact) mass is 453 g/mol. The van der Waals surface area contributed by atoms with Gasteiger partial charge >= 0.3 is 0 Å². The Morgan fingerprint density at radius 2 is 1.69 bits per heavy atom. The van der Waals surface area contributed by atoms with Gasteiger partial charge in [0.05, 0.1) is 18.1 Å². The van der Waals surface area contributed by atoms with Gasteiger partial charge < -0.3 is 19.4 Å². The second kappa shape index (κ2) is 8.87. The summed E-state index contributed by atoms with van der Waals surface area (Å²) in [6.07, 6.45) is 0. The highest BCUT2D eigenvalue weighted by Crippen LogP contribution is 2.25. The first-order valence-electron chi connectivity index (χ1n) is 10.9. The smallest absolute Gasteiger partial charge is 0.272 e. The van der Waals surface area contributed by atoms with Gasteiger partial charge in [0.2, 0.25) is 0 Å². The molecule has 2 saturated heterocycles. The lowest BCUT2D eigenvalue weighted by Gasteiger charge is -2.36. The Hall–Kier alpha value is -2.98. The molecule has 0 atom stereocenters. The Balaban J connectivity index is 1.26. The summed E-state index contributed by atoms with van der Waals surface area (Å²) >= 11 is 1.63. The average molecular weight is 454 g/mol. The zero-order valence-corrected chi connectivity index (χ0v) is 19.2. The van der Waals surface area contributed by atoms with Crippen LogP contribution in [-0.4, -0.2) is 83.0 Å². The molecule has 2 aliphatic rings. The average Bonchev–Trinajstić information content (AvgIpc) is 3.49. The highest BCUT2D eigenvalue weighted by atomic mass is 32.1. The number of thiophene rings is 1. The predicted molar refractivity (Wildman–Crippen MR) is 124 cm³/mol. The molecule has 168 valence electrons. The van der Waals surface area contributed by atoms with Crippen LogP contribution in [0, 0.1) is 6.92 Å². The number of hydrogen-bond acceptors (Lipinski definition) is 8. The van der Waals surface area contributed by atoms with Gasteiger partial charge in [-0.25, -0.2) is 9.97 Å². The van der Waals surface area contributed by atoms with Crippen LogP contribution in [0.5, 0.6) is 0 Å². The fourth-order valence-corrected chi connectivity index (χ4v) is 4.85. The quantitative estimate of drug-likeness (QED) is 0.598. The molecular formula is C22H27N7O2S. The van der Waals surface area contributed by atoms with Crippen molar-refractivity contribution in [2.24, 2.45) is 7.05 Å². The number of aryl methyl sites for hydroxylation is 2. The Morgan fingerprint density at radius 3 is 2.34 bits per heavy atom. The number of piperazine rings is 1. The molecule has 0 saturated carbocycles. The topological polar surface area (TPSA) is 79.6 Å². The minimum atomic E-state index is 0.0235. The molecule has 0 spiro atoms. The third-order valence-electron chi connectivity index (χ3n) is 5.91. The summed E-state index contributed by atoms with van der Waals surface area (Å²) in [5.74, 6) is 2.66. The molecule has 0 N–H and O–H groups in total. The van der Waals surface area contributed by atoms with Gasteiger partial charge in [-0.05, 0) is 24.4 Å². The number of carbonyl (C=O) groups is 1. The first-order valence-corrected chi connectivity index (χ1v) is 11.8. The van der Waals surface area contributed by atoms with E-state index in [2.05, 4.69) is 30.9 Å². The van der Waals surface area contributed by atoms with Crippen LogP contribution in [0.1, 0.15) is 16.3 Å². The van der Waals surface area contributed by atoms with Crippen LogP contribution in [-0.2, 0) is 11.8 Å². The lowest BCUT2D eigenvalue weighted by Crippen LogP contribution is -2.49. The number of rotatable bonds is 4. The van der Waals surface area contributed by atoms with E-state index in [1.165, 1.54) is 0 Å². The second-order valence-corrected chi connectivity index (χ2v) is 8.97. The van der Waals surface area contributed by atoms with Crippen molar-refractivity contribution in [1.29, 1.82) is 0 Å². The molecule has 9 nitrogen and oxygen atoms in total. The third kappa shape index (κ3) is 4.20. The summed E-state index contributed by atoms with van der Waals surface area (Å²) in [4.78, 5) is 29.9. The summed E-state index contributed by atoms with van der Waals surface area (Å²) in [6, 6.07) is 7.97. The van der Waals surface area contributed by atoms with Crippen LogP contribution < -0.4 is 9.80 Å². The number of morpholine rings is 1. The number of ether oxygens (including phenoxy) is 1. The summed E-state index contributed by atoms with van der Waals surface area (Å²) in [5, 5.41) is 6.55. The number of anilines is 2. The molecule has 1 amide bonds. The molecule has 5 heterocycles. The van der Waals surface area contributed by atoms with E-state index in [4.69, 9.17) is 4.74 Å². The molecule has 32 heavy (non-hydrogen) atoms. The van der Waals surface area contributed by atoms with Gasteiger partial charge in [0.25, 0.3) is 5.91 Å². The highest BCUT2D eigenvalue weighted by molar-refractivity contribution is 7.13. The molecule has 5 rings (SSSR count). The maximum Gasteiger partial charge on any atom is 0.272 e. The molecule has 0 radical (unpaired) electrons. The Kier molecular flexibility index (Phi) is 5.79. The van der Waals surface area contributed by atoms with Gasteiger partial charge in [0, 0.05) is 52.4 Å². The van der Waals surface area contributed by atoms with Crippen molar-refractivity contribution >= 4 is 28.9 Å². The van der Waals surface area contributed by atoms with E-state index in [1.54, 1.807) is 16.0 Å². The van der Waals surface area contributed by atoms with Gasteiger partial charge in [0.1, 0.15) is 28.8 Å². The van der Waals surface area contributed by atoms with Crippen molar-refractivity contribution in [2.45, 2.75) is 6.92 Å². The minimum Gasteiger partial charge on any atom is -0.378 e. The van der Waals surface area contributed by atoms with E-state index in [0.29, 0.717) is 18.8 Å². The first-order chi connectivity index (χ1) is 15.6. The van der Waals surface area contributed by atoms with Crippen LogP contribution in [0.15, 0.2) is 29.6 Å². The van der Waals surface area contributed by atoms with Crippen molar-refractivity contribution in [3.63, 3.8) is 0 Å². The normalized spacial score (nSPS) is 17.1. The van der Waals surface area contributed by atoms with Crippen molar-refractivity contribution in [2.75, 3.05) is 62.3 Å². The molecule has 0 aliphatic carbocycles. The standard InChI is InChI=1S/C22H27N7O2S/c1-16-23-20(15-21(24-16)28-9-11-31-12-10-28)27-5-7-29(8-6-27)22(30)18-14-17(25-26(18)2)19-4-3-13-32-19/h3-4,13-15H,5-12H2,1-2H3. The molecular weight excluding hydrogens is 426 g/mol. The molecule has 3 aromatic heterocycles. The van der Waals surface area contributed by atoms with Crippen LogP contribution in [0.3, 0.4) is 0 Å². The highest BCUT2D eigenvalue weighted by Gasteiger charge is 2.26. The van der Waals surface area contributed by atoms with Crippen LogP contribution in [0.2, 0.25) is 0 Å². The zero-order chi connectivity index (χ0) is 22.1. The number of hydrogen-bond donors (Lipinski definition) is 0. The number of amides is 1. The van der Waals surface area contributed by atoms with Gasteiger partial charge in [-0.2, -0.15) is 5.10 Å². The zero-order valence-electron chi connectivity index (χ0n) is 18.4. The van der Waals surface area contributed by atoms with Crippen LogP contribution in [0.25, 0.3) is 10.6 Å². The Labute approximate surface area is 191 Å². The van der Waals surface area contributed by atoms with Gasteiger partial charge in [-0.15, -0.1) is 11.3 Å². The lowest BCUT2D eigenvalue weighted by molar-refractivity contribution is 0.0735. The number of aromatic nitrogens is 4. The molecule has 3 aromatic rings. The van der Waals surface area contributed by atoms with Gasteiger partial charge in [-0.3, -0.25) is 9.48 Å². The van der Waals surface area contributed by atoms with E-state index >= 15 is 0 Å². The third-order valence-corrected chi connectivity index (χ3v) is 6.80. The van der Waals surface area contributed by atoms with Crippen molar-refractivity contribution < 1.29 is 9.53 Å². The molecule has 0 bridgehead atoms. The van der Waals surface area contributed by atoms with E-state index in [0.717, 1.165) is 67.4 Å². The van der Waals surface area contributed by atoms with E-state index in [9.17, 15) is 4.79 Å². The summed E-state index contributed by atoms with van der Waals surface area (Å²) in [6.45, 7) is 7.83. The van der Waals surface area contributed by atoms with E-state index in [1.807, 2.05) is 42.5 Å². The maximum atomic E-state index is 13.2. The van der Waals surface area contributed by atoms with Gasteiger partial charge in [0.15, 0.2) is 0 Å². The SMILES string of the molecule is Cc1nc(N2CCOCC2)cc(N2CCN(C(=O)c3cc(-c4cccs4)nn3C)CC2)n1. The number of nitrogens with zero attached hydrogens (tertiary/aromatic N) is 7. The van der Waals surface area contributed by atoms with Crippen LogP contribution in [0.4, 0.5) is 11.6 Å². The summed E-state index contributed by atoms with van der Waals surface area (Å²) in [5.41, 5.74) is 1.46. The Bertz CT molecular complexity index is 1080. The van der Waals surface area contributed by atoms with Crippen molar-refractivity contribution in [1.82, 2.24) is 24.6 Å². The molecule has 0 aromatic carbocycles. The molecule has 10 heteroatoms. The number of carbonyl (C=O) groups excluding carboxylic acids is 1. The second-order valence-electron chi connectivity index (χ2n) is 8.03. The fraction of sp³-hybridized carbons (Fsp3) is 0.455. The lowest BCUT2D eigenvalue weighted by atomic mass is 10.2.